The molecule has 0 bridgehead atoms. The molecule has 3 heterocycles. The number of rotatable bonds is 9. The van der Waals surface area contributed by atoms with Crippen molar-refractivity contribution in [1.82, 2.24) is 0 Å². The Morgan fingerprint density at radius 2 is 0.681 bits per heavy atom. The maximum atomic E-state index is 6.89. The molecule has 6 nitrogen and oxygen atoms in total. The second-order valence-corrected chi connectivity index (χ2v) is 18.1. The molecule has 0 unspecified atom stereocenters. The molecule has 0 saturated heterocycles. The van der Waals surface area contributed by atoms with Crippen LogP contribution in [0.2, 0.25) is 0 Å². The molecular weight excluding hydrogens is 883 g/mol. The fourth-order valence-electron chi connectivity index (χ4n) is 10.5. The third kappa shape index (κ3) is 6.96. The Morgan fingerprint density at radius 3 is 1.15 bits per heavy atom. The Labute approximate surface area is 416 Å². The molecule has 340 valence electrons. The number of para-hydroxylation sites is 8. The van der Waals surface area contributed by atoms with Gasteiger partial charge in [0.25, 0.3) is 0 Å². The SMILES string of the molecule is c1ccc(-c2ccc(N(c3cc(N4c5ccccc5Oc5ccccc54)cc(N(c4ccc(-c5ccccc5)cc4)c4cccc5c4oc4ccccc45)c3)c3cccc4c3oc3ccccc34)cc2)cc1. The van der Waals surface area contributed by atoms with Gasteiger partial charge in [-0.2, -0.15) is 0 Å². The Balaban J connectivity index is 1.07. The summed E-state index contributed by atoms with van der Waals surface area (Å²) < 4.78 is 20.4. The monoisotopic (exact) mass is 925 g/mol. The molecule has 0 saturated carbocycles. The van der Waals surface area contributed by atoms with Crippen LogP contribution in [0.25, 0.3) is 66.1 Å². The predicted molar refractivity (Wildman–Crippen MR) is 296 cm³/mol. The zero-order chi connectivity index (χ0) is 47.5. The first-order valence-electron chi connectivity index (χ1n) is 24.2. The molecule has 13 aromatic rings. The molecule has 0 spiro atoms. The lowest BCUT2D eigenvalue weighted by molar-refractivity contribution is 0.477. The summed E-state index contributed by atoms with van der Waals surface area (Å²) in [7, 11) is 0. The number of benzene rings is 11. The largest absolute Gasteiger partial charge is 0.454 e. The molecule has 1 aliphatic heterocycles. The van der Waals surface area contributed by atoms with Crippen LogP contribution in [0.4, 0.5) is 51.2 Å². The van der Waals surface area contributed by atoms with E-state index in [2.05, 4.69) is 227 Å². The lowest BCUT2D eigenvalue weighted by Crippen LogP contribution is -2.18. The van der Waals surface area contributed by atoms with E-state index >= 15 is 0 Å². The zero-order valence-electron chi connectivity index (χ0n) is 38.9. The van der Waals surface area contributed by atoms with Gasteiger partial charge in [-0.3, -0.25) is 0 Å². The van der Waals surface area contributed by atoms with E-state index < -0.39 is 0 Å². The summed E-state index contributed by atoms with van der Waals surface area (Å²) in [5.74, 6) is 1.54. The van der Waals surface area contributed by atoms with Crippen molar-refractivity contribution < 1.29 is 13.6 Å². The summed E-state index contributed by atoms with van der Waals surface area (Å²) in [6.07, 6.45) is 0. The number of furan rings is 2. The van der Waals surface area contributed by atoms with Crippen LogP contribution in [0.5, 0.6) is 11.5 Å². The number of anilines is 9. The molecule has 0 atom stereocenters. The number of fused-ring (bicyclic) bond motifs is 8. The highest BCUT2D eigenvalue weighted by atomic mass is 16.5. The third-order valence-corrected chi connectivity index (χ3v) is 13.8. The summed E-state index contributed by atoms with van der Waals surface area (Å²) in [5.41, 5.74) is 16.1. The van der Waals surface area contributed by atoms with Gasteiger partial charge < -0.3 is 28.3 Å². The van der Waals surface area contributed by atoms with E-state index in [0.717, 1.165) is 129 Å². The van der Waals surface area contributed by atoms with Gasteiger partial charge in [-0.15, -0.1) is 0 Å². The first kappa shape index (κ1) is 41.2. The van der Waals surface area contributed by atoms with Gasteiger partial charge in [0.15, 0.2) is 22.7 Å². The average molecular weight is 926 g/mol. The molecule has 11 aromatic carbocycles. The highest BCUT2D eigenvalue weighted by molar-refractivity contribution is 6.12. The minimum absolute atomic E-state index is 0.768. The molecule has 2 aromatic heterocycles. The van der Waals surface area contributed by atoms with E-state index in [-0.39, 0.29) is 0 Å². The smallest absolute Gasteiger partial charge is 0.159 e. The minimum atomic E-state index is 0.768. The standard InChI is InChI=1S/C66H43N3O3/c1-3-17-44(18-4-1)46-33-37-48(38-34-46)67(59-27-15-23-55-53-21-7-11-29-61(53)71-65(55)59)50-41-51(43-52(42-50)69-57-25-9-13-31-63(57)70-64-32-14-10-26-58(64)69)68(49-39-35-47(36-40-49)45-19-5-2-6-20-45)60-28-16-24-56-54-22-8-12-30-62(54)72-66(56)60/h1-43H. The van der Waals surface area contributed by atoms with Gasteiger partial charge in [0.2, 0.25) is 0 Å². The molecule has 0 amide bonds. The molecule has 0 radical (unpaired) electrons. The van der Waals surface area contributed by atoms with E-state index in [0.29, 0.717) is 0 Å². The highest BCUT2D eigenvalue weighted by Crippen LogP contribution is 2.54. The van der Waals surface area contributed by atoms with Gasteiger partial charge >= 0.3 is 0 Å². The van der Waals surface area contributed by atoms with Gasteiger partial charge in [-0.1, -0.05) is 170 Å². The van der Waals surface area contributed by atoms with Crippen molar-refractivity contribution in [1.29, 1.82) is 0 Å². The van der Waals surface area contributed by atoms with Crippen molar-refractivity contribution in [3.63, 3.8) is 0 Å². The molecule has 0 fully saturated rings. The molecule has 14 rings (SSSR count). The first-order valence-corrected chi connectivity index (χ1v) is 24.2. The predicted octanol–water partition coefficient (Wildman–Crippen LogP) is 19.3. The van der Waals surface area contributed by atoms with Gasteiger partial charge in [-0.05, 0) is 113 Å². The average Bonchev–Trinajstić information content (AvgIpc) is 4.03. The second-order valence-electron chi connectivity index (χ2n) is 18.1. The van der Waals surface area contributed by atoms with Crippen LogP contribution in [-0.2, 0) is 0 Å². The molecule has 0 N–H and O–H groups in total. The minimum Gasteiger partial charge on any atom is -0.454 e. The lowest BCUT2D eigenvalue weighted by Gasteiger charge is -2.35. The van der Waals surface area contributed by atoms with Crippen LogP contribution in [-0.4, -0.2) is 0 Å². The van der Waals surface area contributed by atoms with Crippen LogP contribution in [0.3, 0.4) is 0 Å². The molecule has 1 aliphatic rings. The summed E-state index contributed by atoms with van der Waals surface area (Å²) in [6, 6.07) is 91.6. The maximum absolute atomic E-state index is 6.89. The number of ether oxygens (including phenoxy) is 1. The quantitative estimate of drug-likeness (QED) is 0.144. The van der Waals surface area contributed by atoms with E-state index in [4.69, 9.17) is 13.6 Å². The fraction of sp³-hybridized carbons (Fsp3) is 0. The molecule has 6 heteroatoms. The van der Waals surface area contributed by atoms with Crippen LogP contribution < -0.4 is 19.4 Å². The van der Waals surface area contributed by atoms with Gasteiger partial charge in [0, 0.05) is 32.9 Å². The van der Waals surface area contributed by atoms with Crippen LogP contribution >= 0.6 is 0 Å². The van der Waals surface area contributed by atoms with Crippen molar-refractivity contribution in [3.8, 4) is 33.8 Å². The second kappa shape index (κ2) is 17.0. The Bertz CT molecular complexity index is 3880. The van der Waals surface area contributed by atoms with Crippen molar-refractivity contribution in [2.45, 2.75) is 0 Å². The number of hydrogen-bond donors (Lipinski definition) is 0. The summed E-state index contributed by atoms with van der Waals surface area (Å²) >= 11 is 0. The highest BCUT2D eigenvalue weighted by Gasteiger charge is 2.30. The van der Waals surface area contributed by atoms with Crippen LogP contribution in [0.15, 0.2) is 270 Å². The third-order valence-electron chi connectivity index (χ3n) is 13.8. The summed E-state index contributed by atoms with van der Waals surface area (Å²) in [4.78, 5) is 6.99. The van der Waals surface area contributed by atoms with Crippen molar-refractivity contribution in [2.75, 3.05) is 14.7 Å². The Morgan fingerprint density at radius 1 is 0.292 bits per heavy atom. The maximum Gasteiger partial charge on any atom is 0.159 e. The summed E-state index contributed by atoms with van der Waals surface area (Å²) in [6.45, 7) is 0. The van der Waals surface area contributed by atoms with Crippen molar-refractivity contribution in [3.05, 3.63) is 261 Å². The normalized spacial score (nSPS) is 12.0. The Kier molecular flexibility index (Phi) is 9.74. The van der Waals surface area contributed by atoms with E-state index in [1.54, 1.807) is 0 Å². The van der Waals surface area contributed by atoms with Gasteiger partial charge in [0.05, 0.1) is 39.8 Å². The Hall–Kier alpha value is -9.78. The van der Waals surface area contributed by atoms with Crippen molar-refractivity contribution in [2.24, 2.45) is 0 Å². The van der Waals surface area contributed by atoms with E-state index in [1.807, 2.05) is 48.5 Å². The van der Waals surface area contributed by atoms with E-state index in [1.165, 1.54) is 0 Å². The van der Waals surface area contributed by atoms with Gasteiger partial charge in [-0.25, -0.2) is 0 Å². The van der Waals surface area contributed by atoms with Crippen molar-refractivity contribution >= 4 is 95.1 Å². The van der Waals surface area contributed by atoms with Crippen LogP contribution in [0, 0.1) is 0 Å². The van der Waals surface area contributed by atoms with Crippen LogP contribution in [0.1, 0.15) is 0 Å². The topological polar surface area (TPSA) is 45.2 Å². The number of nitrogens with zero attached hydrogens (tertiary/aromatic N) is 3. The molecule has 0 aliphatic carbocycles. The lowest BCUT2D eigenvalue weighted by atomic mass is 10.0. The number of hydrogen-bond acceptors (Lipinski definition) is 6. The molecule has 72 heavy (non-hydrogen) atoms. The van der Waals surface area contributed by atoms with Gasteiger partial charge in [0.1, 0.15) is 11.2 Å². The fourth-order valence-corrected chi connectivity index (χ4v) is 10.5. The van der Waals surface area contributed by atoms with E-state index in [9.17, 15) is 0 Å². The summed E-state index contributed by atoms with van der Waals surface area (Å²) in [5, 5.41) is 4.21. The first-order chi connectivity index (χ1) is 35.7. The molecular formula is C66H43N3O3. The zero-order valence-corrected chi connectivity index (χ0v) is 38.9.